The van der Waals surface area contributed by atoms with Gasteiger partial charge < -0.3 is 4.90 Å². The Balaban J connectivity index is 2.13. The van der Waals surface area contributed by atoms with Gasteiger partial charge in [-0.1, -0.05) is 23.7 Å². The summed E-state index contributed by atoms with van der Waals surface area (Å²) >= 11 is 5.77. The number of urea groups is 1. The Bertz CT molecular complexity index is 430. The van der Waals surface area contributed by atoms with E-state index >= 15 is 0 Å². The van der Waals surface area contributed by atoms with Gasteiger partial charge in [-0.2, -0.15) is 0 Å². The largest absolute Gasteiger partial charge is 0.324 e. The third-order valence-electron chi connectivity index (χ3n) is 2.66. The maximum absolute atomic E-state index is 11.5. The number of amides is 3. The van der Waals surface area contributed by atoms with E-state index in [0.717, 1.165) is 5.56 Å². The van der Waals surface area contributed by atoms with Gasteiger partial charge in [0.05, 0.1) is 0 Å². The first-order chi connectivity index (χ1) is 7.58. The second-order valence-corrected chi connectivity index (χ2v) is 4.19. The number of nitrogens with one attached hydrogen (secondary N) is 1. The molecule has 1 fully saturated rings. The van der Waals surface area contributed by atoms with E-state index in [0.29, 0.717) is 11.4 Å². The molecule has 0 spiro atoms. The van der Waals surface area contributed by atoms with Gasteiger partial charge in [0, 0.05) is 18.5 Å². The summed E-state index contributed by atoms with van der Waals surface area (Å²) in [5, 5.41) is 2.93. The van der Waals surface area contributed by atoms with Crippen molar-refractivity contribution in [1.29, 1.82) is 0 Å². The predicted octanol–water partition coefficient (Wildman–Crippen LogP) is 1.43. The lowest BCUT2D eigenvalue weighted by atomic mass is 10.1. The third-order valence-corrected chi connectivity index (χ3v) is 2.91. The minimum Gasteiger partial charge on any atom is -0.315 e. The number of likely N-dealkylation sites (N-methyl/N-ethyl adjacent to an activating group) is 1. The average molecular weight is 239 g/mol. The van der Waals surface area contributed by atoms with Gasteiger partial charge in [-0.3, -0.25) is 10.1 Å². The molecule has 1 aromatic rings. The van der Waals surface area contributed by atoms with Crippen LogP contribution in [0.25, 0.3) is 0 Å². The molecule has 1 N–H and O–H groups in total. The standard InChI is InChI=1S/C11H11ClN2O2/c1-14-9(10(15)13-11(14)16)6-7-2-4-8(12)5-3-7/h2-5,9H,6H2,1H3,(H,13,15,16). The Kier molecular flexibility index (Phi) is 2.83. The molecule has 84 valence electrons. The van der Waals surface area contributed by atoms with Gasteiger partial charge in [0.15, 0.2) is 0 Å². The SMILES string of the molecule is CN1C(=O)NC(=O)C1Cc1ccc(Cl)cc1. The molecule has 0 aliphatic carbocycles. The number of carbonyl (C=O) groups excluding carboxylic acids is 2. The van der Waals surface area contributed by atoms with Crippen LogP contribution >= 0.6 is 11.6 Å². The van der Waals surface area contributed by atoms with Crippen molar-refractivity contribution in [1.82, 2.24) is 10.2 Å². The molecule has 1 aliphatic heterocycles. The van der Waals surface area contributed by atoms with Crippen LogP contribution in [-0.2, 0) is 11.2 Å². The van der Waals surface area contributed by atoms with Gasteiger partial charge in [-0.05, 0) is 17.7 Å². The molecule has 16 heavy (non-hydrogen) atoms. The van der Waals surface area contributed by atoms with E-state index in [1.165, 1.54) is 4.90 Å². The van der Waals surface area contributed by atoms with Crippen LogP contribution < -0.4 is 5.32 Å². The number of benzene rings is 1. The molecule has 1 heterocycles. The highest BCUT2D eigenvalue weighted by atomic mass is 35.5. The van der Waals surface area contributed by atoms with Crippen molar-refractivity contribution in [2.75, 3.05) is 7.05 Å². The number of carbonyl (C=O) groups is 2. The zero-order chi connectivity index (χ0) is 11.7. The summed E-state index contributed by atoms with van der Waals surface area (Å²) in [6.07, 6.45) is 0.505. The van der Waals surface area contributed by atoms with Gasteiger partial charge in [-0.15, -0.1) is 0 Å². The van der Waals surface area contributed by atoms with Crippen molar-refractivity contribution in [3.63, 3.8) is 0 Å². The van der Waals surface area contributed by atoms with Gasteiger partial charge in [0.1, 0.15) is 6.04 Å². The topological polar surface area (TPSA) is 49.4 Å². The lowest BCUT2D eigenvalue weighted by Gasteiger charge is -2.15. The van der Waals surface area contributed by atoms with E-state index in [1.54, 1.807) is 19.2 Å². The van der Waals surface area contributed by atoms with E-state index in [2.05, 4.69) is 5.32 Å². The normalized spacial score (nSPS) is 20.1. The summed E-state index contributed by atoms with van der Waals surface area (Å²) in [5.74, 6) is -0.248. The fourth-order valence-electron chi connectivity index (χ4n) is 1.67. The van der Waals surface area contributed by atoms with Crippen LogP contribution in [0.3, 0.4) is 0 Å². The number of imide groups is 1. The molecular formula is C11H11ClN2O2. The second-order valence-electron chi connectivity index (χ2n) is 3.75. The highest BCUT2D eigenvalue weighted by Gasteiger charge is 2.35. The fraction of sp³-hybridized carbons (Fsp3) is 0.273. The Morgan fingerprint density at radius 3 is 2.44 bits per heavy atom. The molecule has 1 atom stereocenters. The Hall–Kier alpha value is -1.55. The molecule has 5 heteroatoms. The number of hydrogen-bond acceptors (Lipinski definition) is 2. The van der Waals surface area contributed by atoms with Gasteiger partial charge >= 0.3 is 6.03 Å². The van der Waals surface area contributed by atoms with Crippen molar-refractivity contribution in [3.05, 3.63) is 34.9 Å². The van der Waals surface area contributed by atoms with E-state index in [9.17, 15) is 9.59 Å². The van der Waals surface area contributed by atoms with Crippen LogP contribution in [0.1, 0.15) is 5.56 Å². The van der Waals surface area contributed by atoms with Crippen LogP contribution in [0.2, 0.25) is 5.02 Å². The summed E-state index contributed by atoms with van der Waals surface area (Å²) in [7, 11) is 1.61. The molecule has 0 radical (unpaired) electrons. The summed E-state index contributed by atoms with van der Waals surface area (Å²) in [6.45, 7) is 0. The Morgan fingerprint density at radius 1 is 1.31 bits per heavy atom. The number of rotatable bonds is 2. The van der Waals surface area contributed by atoms with Crippen LogP contribution in [0.15, 0.2) is 24.3 Å². The smallest absolute Gasteiger partial charge is 0.315 e. The van der Waals surface area contributed by atoms with Crippen LogP contribution in [0.4, 0.5) is 4.79 Å². The molecule has 1 aromatic carbocycles. The number of hydrogen-bond donors (Lipinski definition) is 1. The molecule has 0 aromatic heterocycles. The molecule has 1 unspecified atom stereocenters. The van der Waals surface area contributed by atoms with Crippen LogP contribution in [0, 0.1) is 0 Å². The van der Waals surface area contributed by atoms with Gasteiger partial charge in [0.2, 0.25) is 0 Å². The summed E-state index contributed by atoms with van der Waals surface area (Å²) in [6, 6.07) is 6.48. The highest BCUT2D eigenvalue weighted by molar-refractivity contribution is 6.30. The maximum Gasteiger partial charge on any atom is 0.324 e. The summed E-state index contributed by atoms with van der Waals surface area (Å²) < 4.78 is 0. The Morgan fingerprint density at radius 2 is 1.94 bits per heavy atom. The van der Waals surface area contributed by atoms with E-state index in [1.807, 2.05) is 12.1 Å². The molecule has 1 saturated heterocycles. The first kappa shape index (κ1) is 11.0. The Labute approximate surface area is 98.2 Å². The lowest BCUT2D eigenvalue weighted by molar-refractivity contribution is -0.121. The zero-order valence-corrected chi connectivity index (χ0v) is 9.49. The second kappa shape index (κ2) is 4.14. The van der Waals surface area contributed by atoms with Crippen LogP contribution in [0.5, 0.6) is 0 Å². The maximum atomic E-state index is 11.5. The predicted molar refractivity (Wildman–Crippen MR) is 60.2 cm³/mol. The first-order valence-corrected chi connectivity index (χ1v) is 5.28. The highest BCUT2D eigenvalue weighted by Crippen LogP contribution is 2.15. The monoisotopic (exact) mass is 238 g/mol. The lowest BCUT2D eigenvalue weighted by Crippen LogP contribution is -2.33. The molecule has 3 amide bonds. The minimum atomic E-state index is -0.423. The molecule has 4 nitrogen and oxygen atoms in total. The quantitative estimate of drug-likeness (QED) is 0.793. The molecule has 2 rings (SSSR count). The van der Waals surface area contributed by atoms with Crippen molar-refractivity contribution in [2.24, 2.45) is 0 Å². The summed E-state index contributed by atoms with van der Waals surface area (Å²) in [4.78, 5) is 24.1. The van der Waals surface area contributed by atoms with Crippen molar-refractivity contribution >= 4 is 23.5 Å². The van der Waals surface area contributed by atoms with E-state index < -0.39 is 6.04 Å². The minimum absolute atomic E-state index is 0.248. The third kappa shape index (κ3) is 2.02. The fourth-order valence-corrected chi connectivity index (χ4v) is 1.79. The zero-order valence-electron chi connectivity index (χ0n) is 8.74. The first-order valence-electron chi connectivity index (χ1n) is 4.90. The van der Waals surface area contributed by atoms with Crippen LogP contribution in [-0.4, -0.2) is 29.9 Å². The summed E-state index contributed by atoms with van der Waals surface area (Å²) in [5.41, 5.74) is 0.978. The van der Waals surface area contributed by atoms with Crippen molar-refractivity contribution in [3.8, 4) is 0 Å². The molecule has 1 aliphatic rings. The van der Waals surface area contributed by atoms with Gasteiger partial charge in [0.25, 0.3) is 5.91 Å². The average Bonchev–Trinajstić information content (AvgIpc) is 2.48. The van der Waals surface area contributed by atoms with Gasteiger partial charge in [-0.25, -0.2) is 4.79 Å². The van der Waals surface area contributed by atoms with Crippen molar-refractivity contribution < 1.29 is 9.59 Å². The molecule has 0 saturated carbocycles. The molecule has 0 bridgehead atoms. The number of nitrogens with zero attached hydrogens (tertiary/aromatic N) is 1. The van der Waals surface area contributed by atoms with Crippen molar-refractivity contribution in [2.45, 2.75) is 12.5 Å². The molecular weight excluding hydrogens is 228 g/mol. The van der Waals surface area contributed by atoms with E-state index in [-0.39, 0.29) is 11.9 Å². The van der Waals surface area contributed by atoms with E-state index in [4.69, 9.17) is 11.6 Å². The number of halogens is 1.